The number of halogens is 1. The fourth-order valence-electron chi connectivity index (χ4n) is 4.85. The molecule has 2 unspecified atom stereocenters. The van der Waals surface area contributed by atoms with Crippen LogP contribution in [0.3, 0.4) is 0 Å². The van der Waals surface area contributed by atoms with Gasteiger partial charge in [0.1, 0.15) is 5.75 Å². The zero-order valence-corrected chi connectivity index (χ0v) is 18.9. The number of carbonyl (C=O) groups excluding carboxylic acids is 1. The van der Waals surface area contributed by atoms with Gasteiger partial charge in [-0.3, -0.25) is 9.69 Å². The van der Waals surface area contributed by atoms with Crippen LogP contribution in [0, 0.1) is 17.8 Å². The normalized spacial score (nSPS) is 23.4. The summed E-state index contributed by atoms with van der Waals surface area (Å²) >= 11 is 6.20. The number of nitrogens with two attached hydrogens (primary N) is 1. The molecule has 0 amide bonds. The molecule has 0 bridgehead atoms. The second-order valence-corrected chi connectivity index (χ2v) is 9.70. The standard InChI is InChI=1S/C20H27ClN2O3.C2H2O4/c1-20(2,25)10-23-8-14-11(15(14)9-23)3-4-17(24)13-7-16(21)18(22)12-5-6-26-19(12)13;3-1(4)2(5)6/h7,11,14-15,25H,3-6,8-10,22H2,1-2H3;(H,3,4)(H,5,6). The molecule has 2 heterocycles. The molecule has 5 N–H and O–H groups in total. The number of β-amino-alcohol motifs (C(OH)–C–C–N with tert-alkyl or cyclic N) is 1. The predicted octanol–water partition coefficient (Wildman–Crippen LogP) is 1.92. The summed E-state index contributed by atoms with van der Waals surface area (Å²) < 4.78 is 5.65. The van der Waals surface area contributed by atoms with Crippen molar-refractivity contribution < 1.29 is 34.4 Å². The van der Waals surface area contributed by atoms with Crippen LogP contribution in [-0.2, 0) is 16.0 Å². The average molecular weight is 469 g/mol. The number of carbonyl (C=O) groups is 3. The van der Waals surface area contributed by atoms with E-state index in [1.807, 2.05) is 13.8 Å². The van der Waals surface area contributed by atoms with Crippen LogP contribution in [0.5, 0.6) is 5.75 Å². The quantitative estimate of drug-likeness (QED) is 0.279. The van der Waals surface area contributed by atoms with Gasteiger partial charge in [-0.2, -0.15) is 0 Å². The van der Waals surface area contributed by atoms with Crippen LogP contribution >= 0.6 is 11.6 Å². The molecule has 0 aromatic heterocycles. The Morgan fingerprint density at radius 2 is 1.81 bits per heavy atom. The highest BCUT2D eigenvalue weighted by molar-refractivity contribution is 6.34. The van der Waals surface area contributed by atoms with Crippen molar-refractivity contribution in [3.05, 3.63) is 22.2 Å². The Hall–Kier alpha value is -2.36. The van der Waals surface area contributed by atoms with Crippen LogP contribution in [0.1, 0.15) is 42.6 Å². The monoisotopic (exact) mass is 468 g/mol. The number of anilines is 1. The van der Waals surface area contributed by atoms with E-state index in [2.05, 4.69) is 4.90 Å². The number of likely N-dealkylation sites (tertiary alicyclic amines) is 1. The maximum absolute atomic E-state index is 12.7. The molecule has 2 aliphatic heterocycles. The van der Waals surface area contributed by atoms with Crippen molar-refractivity contribution in [1.82, 2.24) is 4.90 Å². The predicted molar refractivity (Wildman–Crippen MR) is 117 cm³/mol. The van der Waals surface area contributed by atoms with Crippen LogP contribution in [0.15, 0.2) is 6.07 Å². The van der Waals surface area contributed by atoms with Crippen LogP contribution in [0.2, 0.25) is 5.02 Å². The van der Waals surface area contributed by atoms with Crippen LogP contribution in [-0.4, -0.2) is 69.8 Å². The van der Waals surface area contributed by atoms with Crippen molar-refractivity contribution in [2.75, 3.05) is 32.0 Å². The average Bonchev–Trinajstić information content (AvgIpc) is 3.04. The SMILES string of the molecule is CC(C)(O)CN1CC2C(CCC(=O)c3cc(Cl)c(N)c4c3OCC4)C2C1.O=C(O)C(=O)O. The number of carboxylic acid groups (broad SMARTS) is 2. The minimum atomic E-state index is -1.82. The molecule has 0 spiro atoms. The first-order chi connectivity index (χ1) is 14.9. The number of benzene rings is 1. The van der Waals surface area contributed by atoms with Crippen LogP contribution in [0.25, 0.3) is 0 Å². The number of piperidine rings is 1. The minimum Gasteiger partial charge on any atom is -0.492 e. The number of aliphatic hydroxyl groups is 1. The molecule has 4 rings (SSSR count). The number of fused-ring (bicyclic) bond motifs is 2. The Morgan fingerprint density at radius 1 is 1.22 bits per heavy atom. The lowest BCUT2D eigenvalue weighted by Gasteiger charge is -2.27. The van der Waals surface area contributed by atoms with Gasteiger partial charge in [0.2, 0.25) is 0 Å². The van der Waals surface area contributed by atoms with Gasteiger partial charge in [0.05, 0.1) is 28.5 Å². The Balaban J connectivity index is 0.000000427. The Bertz CT molecular complexity index is 904. The molecule has 1 aromatic carbocycles. The summed E-state index contributed by atoms with van der Waals surface area (Å²) in [5.41, 5.74) is 7.38. The van der Waals surface area contributed by atoms with Gasteiger partial charge in [0.25, 0.3) is 0 Å². The summed E-state index contributed by atoms with van der Waals surface area (Å²) in [6, 6.07) is 1.67. The highest BCUT2D eigenvalue weighted by atomic mass is 35.5. The zero-order valence-electron chi connectivity index (χ0n) is 18.1. The van der Waals surface area contributed by atoms with E-state index in [1.165, 1.54) is 0 Å². The second-order valence-electron chi connectivity index (χ2n) is 9.30. The number of rotatable bonds is 6. The number of carboxylic acids is 2. The van der Waals surface area contributed by atoms with Crippen molar-refractivity contribution in [2.45, 2.75) is 38.7 Å². The molecular weight excluding hydrogens is 440 g/mol. The molecule has 32 heavy (non-hydrogen) atoms. The molecule has 176 valence electrons. The first kappa shape index (κ1) is 24.3. The van der Waals surface area contributed by atoms with Crippen molar-refractivity contribution in [1.29, 1.82) is 0 Å². The number of ketones is 1. The number of nitrogen functional groups attached to an aromatic ring is 1. The largest absolute Gasteiger partial charge is 0.492 e. The van der Waals surface area contributed by atoms with E-state index in [1.54, 1.807) is 6.07 Å². The topological polar surface area (TPSA) is 150 Å². The molecule has 9 nitrogen and oxygen atoms in total. The van der Waals surface area contributed by atoms with E-state index < -0.39 is 17.5 Å². The molecule has 1 saturated heterocycles. The molecule has 2 atom stereocenters. The number of nitrogens with zero attached hydrogens (tertiary/aromatic N) is 1. The van der Waals surface area contributed by atoms with Crippen molar-refractivity contribution in [3.63, 3.8) is 0 Å². The van der Waals surface area contributed by atoms with Gasteiger partial charge in [-0.25, -0.2) is 9.59 Å². The third kappa shape index (κ3) is 5.51. The molecule has 10 heteroatoms. The van der Waals surface area contributed by atoms with Gasteiger partial charge in [-0.05, 0) is 44.1 Å². The lowest BCUT2D eigenvalue weighted by molar-refractivity contribution is -0.159. The molecule has 0 radical (unpaired) electrons. The number of aliphatic carboxylic acids is 2. The summed E-state index contributed by atoms with van der Waals surface area (Å²) in [5, 5.41) is 25.2. The number of hydrogen-bond acceptors (Lipinski definition) is 7. The molecule has 1 aliphatic carbocycles. The van der Waals surface area contributed by atoms with E-state index in [0.717, 1.165) is 31.6 Å². The lowest BCUT2D eigenvalue weighted by Crippen LogP contribution is -2.38. The highest BCUT2D eigenvalue weighted by Gasteiger charge is 2.55. The fraction of sp³-hybridized carbons (Fsp3) is 0.591. The van der Waals surface area contributed by atoms with Gasteiger partial charge >= 0.3 is 11.9 Å². The van der Waals surface area contributed by atoms with Crippen LogP contribution in [0.4, 0.5) is 5.69 Å². The van der Waals surface area contributed by atoms with E-state index in [4.69, 9.17) is 41.9 Å². The lowest BCUT2D eigenvalue weighted by atomic mass is 9.98. The van der Waals surface area contributed by atoms with E-state index in [0.29, 0.717) is 59.2 Å². The van der Waals surface area contributed by atoms with Gasteiger partial charge in [-0.15, -0.1) is 0 Å². The van der Waals surface area contributed by atoms with E-state index in [-0.39, 0.29) is 5.78 Å². The summed E-state index contributed by atoms with van der Waals surface area (Å²) in [6.45, 7) is 7.07. The minimum absolute atomic E-state index is 0.100. The van der Waals surface area contributed by atoms with E-state index >= 15 is 0 Å². The summed E-state index contributed by atoms with van der Waals surface area (Å²) in [5.74, 6) is -0.905. The molecule has 3 aliphatic rings. The second kappa shape index (κ2) is 9.25. The number of hydrogen-bond donors (Lipinski definition) is 4. The molecular formula is C22H29ClN2O7. The Labute approximate surface area is 191 Å². The third-order valence-corrected chi connectivity index (χ3v) is 6.53. The van der Waals surface area contributed by atoms with Gasteiger partial charge < -0.3 is 25.8 Å². The summed E-state index contributed by atoms with van der Waals surface area (Å²) in [6.07, 6.45) is 2.16. The van der Waals surface area contributed by atoms with Gasteiger partial charge in [0.15, 0.2) is 5.78 Å². The van der Waals surface area contributed by atoms with Crippen molar-refractivity contribution in [3.8, 4) is 5.75 Å². The summed E-state index contributed by atoms with van der Waals surface area (Å²) in [4.78, 5) is 33.3. The Kier molecular flexibility index (Phi) is 7.02. The van der Waals surface area contributed by atoms with E-state index in [9.17, 15) is 9.90 Å². The third-order valence-electron chi connectivity index (χ3n) is 6.22. The first-order valence-electron chi connectivity index (χ1n) is 10.6. The molecule has 1 aromatic rings. The summed E-state index contributed by atoms with van der Waals surface area (Å²) in [7, 11) is 0. The van der Waals surface area contributed by atoms with Gasteiger partial charge in [-0.1, -0.05) is 11.6 Å². The fourth-order valence-corrected chi connectivity index (χ4v) is 5.07. The molecule has 1 saturated carbocycles. The van der Waals surface area contributed by atoms with Crippen LogP contribution < -0.4 is 10.5 Å². The maximum Gasteiger partial charge on any atom is 0.414 e. The highest BCUT2D eigenvalue weighted by Crippen LogP contribution is 2.54. The maximum atomic E-state index is 12.7. The number of ether oxygens (including phenoxy) is 1. The first-order valence-corrected chi connectivity index (χ1v) is 10.9. The zero-order chi connectivity index (χ0) is 23.8. The van der Waals surface area contributed by atoms with Crippen molar-refractivity contribution in [2.24, 2.45) is 17.8 Å². The molecule has 2 fully saturated rings. The van der Waals surface area contributed by atoms with Gasteiger partial charge in [0, 0.05) is 38.0 Å². The van der Waals surface area contributed by atoms with Crippen molar-refractivity contribution >= 4 is 35.0 Å². The number of Topliss-reactive ketones (excluding diaryl/α,β-unsaturated/α-hetero) is 1. The smallest absolute Gasteiger partial charge is 0.414 e. The Morgan fingerprint density at radius 3 is 2.34 bits per heavy atom.